The Hall–Kier alpha value is -0.620. The van der Waals surface area contributed by atoms with Crippen molar-refractivity contribution < 1.29 is 8.42 Å². The lowest BCUT2D eigenvalue weighted by Crippen LogP contribution is -2.40. The first-order chi connectivity index (χ1) is 9.45. The number of rotatable bonds is 4. The quantitative estimate of drug-likeness (QED) is 0.920. The third-order valence-corrected chi connectivity index (χ3v) is 6.07. The molecule has 1 heterocycles. The highest BCUT2D eigenvalue weighted by Crippen LogP contribution is 2.26. The van der Waals surface area contributed by atoms with E-state index in [1.165, 1.54) is 0 Å². The van der Waals surface area contributed by atoms with E-state index in [-0.39, 0.29) is 12.4 Å². The molecule has 1 saturated heterocycles. The van der Waals surface area contributed by atoms with E-state index in [9.17, 15) is 8.42 Å². The summed E-state index contributed by atoms with van der Waals surface area (Å²) < 4.78 is 27.1. The molecule has 0 unspecified atom stereocenters. The van der Waals surface area contributed by atoms with Crippen molar-refractivity contribution in [3.05, 3.63) is 29.3 Å². The first-order valence-electron chi connectivity index (χ1n) is 7.17. The van der Waals surface area contributed by atoms with Crippen molar-refractivity contribution in [1.29, 1.82) is 0 Å². The van der Waals surface area contributed by atoms with Gasteiger partial charge in [-0.2, -0.15) is 4.31 Å². The Morgan fingerprint density at radius 3 is 2.43 bits per heavy atom. The minimum Gasteiger partial charge on any atom is -0.319 e. The van der Waals surface area contributed by atoms with Crippen molar-refractivity contribution in [2.75, 3.05) is 26.7 Å². The van der Waals surface area contributed by atoms with Gasteiger partial charge in [0.1, 0.15) is 0 Å². The highest BCUT2D eigenvalue weighted by molar-refractivity contribution is 7.89. The molecule has 6 heteroatoms. The van der Waals surface area contributed by atoms with Crippen molar-refractivity contribution >= 4 is 22.4 Å². The van der Waals surface area contributed by atoms with Crippen molar-refractivity contribution in [2.24, 2.45) is 5.92 Å². The summed E-state index contributed by atoms with van der Waals surface area (Å²) in [5, 5.41) is 3.17. The second-order valence-electron chi connectivity index (χ2n) is 5.67. The van der Waals surface area contributed by atoms with Gasteiger partial charge >= 0.3 is 0 Å². The zero-order valence-electron chi connectivity index (χ0n) is 12.9. The standard InChI is InChI=1S/C15H24N2O2S.ClH/c1-12-4-5-13(2)15(10-12)20(18,19)17-8-6-14(7-9-17)11-16-3;/h4-5,10,14,16H,6-9,11H2,1-3H3;1H. The Bertz CT molecular complexity index is 567. The molecule has 0 aliphatic carbocycles. The number of nitrogens with zero attached hydrogens (tertiary/aromatic N) is 1. The van der Waals surface area contributed by atoms with Crippen LogP contribution in [0.4, 0.5) is 0 Å². The molecule has 21 heavy (non-hydrogen) atoms. The summed E-state index contributed by atoms with van der Waals surface area (Å²) in [7, 11) is -1.40. The second-order valence-corrected chi connectivity index (χ2v) is 7.58. The topological polar surface area (TPSA) is 49.4 Å². The SMILES string of the molecule is CNCC1CCN(S(=O)(=O)c2cc(C)ccc2C)CC1.Cl. The van der Waals surface area contributed by atoms with Crippen LogP contribution in [0.25, 0.3) is 0 Å². The highest BCUT2D eigenvalue weighted by atomic mass is 35.5. The summed E-state index contributed by atoms with van der Waals surface area (Å²) in [6.07, 6.45) is 1.87. The van der Waals surface area contributed by atoms with Crippen LogP contribution in [0.3, 0.4) is 0 Å². The van der Waals surface area contributed by atoms with Gasteiger partial charge in [-0.1, -0.05) is 12.1 Å². The molecule has 0 amide bonds. The van der Waals surface area contributed by atoms with E-state index in [4.69, 9.17) is 0 Å². The number of sulfonamides is 1. The molecular weight excluding hydrogens is 308 g/mol. The third-order valence-electron chi connectivity index (χ3n) is 4.03. The average Bonchev–Trinajstić information content (AvgIpc) is 2.42. The van der Waals surface area contributed by atoms with Gasteiger partial charge in [0.05, 0.1) is 4.90 Å². The van der Waals surface area contributed by atoms with Crippen LogP contribution in [0, 0.1) is 19.8 Å². The third kappa shape index (κ3) is 4.19. The van der Waals surface area contributed by atoms with E-state index in [0.29, 0.717) is 23.9 Å². The van der Waals surface area contributed by atoms with Crippen LogP contribution >= 0.6 is 12.4 Å². The number of nitrogens with one attached hydrogen (secondary N) is 1. The summed E-state index contributed by atoms with van der Waals surface area (Å²) in [4.78, 5) is 0.463. The van der Waals surface area contributed by atoms with E-state index < -0.39 is 10.0 Å². The maximum Gasteiger partial charge on any atom is 0.243 e. The molecule has 4 nitrogen and oxygen atoms in total. The van der Waals surface area contributed by atoms with Crippen molar-refractivity contribution in [1.82, 2.24) is 9.62 Å². The van der Waals surface area contributed by atoms with E-state index in [0.717, 1.165) is 30.5 Å². The predicted molar refractivity (Wildman–Crippen MR) is 88.6 cm³/mol. The summed E-state index contributed by atoms with van der Waals surface area (Å²) in [5.41, 5.74) is 1.81. The summed E-state index contributed by atoms with van der Waals surface area (Å²) in [5.74, 6) is 0.588. The number of halogens is 1. The molecular formula is C15H25ClN2O2S. The summed E-state index contributed by atoms with van der Waals surface area (Å²) in [6, 6.07) is 5.62. The van der Waals surface area contributed by atoms with Gasteiger partial charge in [-0.25, -0.2) is 8.42 Å². The Morgan fingerprint density at radius 1 is 1.24 bits per heavy atom. The second kappa shape index (κ2) is 7.58. The van der Waals surface area contributed by atoms with E-state index >= 15 is 0 Å². The maximum atomic E-state index is 12.7. The molecule has 0 spiro atoms. The Balaban J connectivity index is 0.00000220. The zero-order valence-corrected chi connectivity index (χ0v) is 14.6. The summed E-state index contributed by atoms with van der Waals surface area (Å²) >= 11 is 0. The van der Waals surface area contributed by atoms with Crippen molar-refractivity contribution in [3.63, 3.8) is 0 Å². The summed E-state index contributed by atoms with van der Waals surface area (Å²) in [6.45, 7) is 6.01. The molecule has 1 N–H and O–H groups in total. The van der Waals surface area contributed by atoms with Crippen LogP contribution in [0.15, 0.2) is 23.1 Å². The molecule has 2 rings (SSSR count). The number of piperidine rings is 1. The molecule has 1 aliphatic rings. The minimum atomic E-state index is -3.34. The average molecular weight is 333 g/mol. The number of hydrogen-bond donors (Lipinski definition) is 1. The van der Waals surface area contributed by atoms with Crippen LogP contribution in [-0.4, -0.2) is 39.4 Å². The predicted octanol–water partition coefficient (Wildman–Crippen LogP) is 2.35. The van der Waals surface area contributed by atoms with E-state index in [1.54, 1.807) is 10.4 Å². The molecule has 0 bridgehead atoms. The van der Waals surface area contributed by atoms with Gasteiger partial charge in [0.2, 0.25) is 10.0 Å². The molecule has 0 atom stereocenters. The number of aryl methyl sites for hydroxylation is 2. The Labute approximate surface area is 134 Å². The number of benzene rings is 1. The van der Waals surface area contributed by atoms with Gasteiger partial charge in [0.25, 0.3) is 0 Å². The monoisotopic (exact) mass is 332 g/mol. The van der Waals surface area contributed by atoms with Gasteiger partial charge < -0.3 is 5.32 Å². The molecule has 0 saturated carbocycles. The fraction of sp³-hybridized carbons (Fsp3) is 0.600. The lowest BCUT2D eigenvalue weighted by Gasteiger charge is -2.31. The van der Waals surface area contributed by atoms with Gasteiger partial charge in [-0.3, -0.25) is 0 Å². The molecule has 1 aliphatic heterocycles. The largest absolute Gasteiger partial charge is 0.319 e. The van der Waals surface area contributed by atoms with Crippen LogP contribution in [0.1, 0.15) is 24.0 Å². The van der Waals surface area contributed by atoms with Gasteiger partial charge in [-0.15, -0.1) is 12.4 Å². The highest BCUT2D eigenvalue weighted by Gasteiger charge is 2.30. The first kappa shape index (κ1) is 18.4. The maximum absolute atomic E-state index is 12.7. The molecule has 1 aromatic carbocycles. The van der Waals surface area contributed by atoms with Crippen LogP contribution < -0.4 is 5.32 Å². The smallest absolute Gasteiger partial charge is 0.243 e. The van der Waals surface area contributed by atoms with Crippen LogP contribution in [0.5, 0.6) is 0 Å². The van der Waals surface area contributed by atoms with Gasteiger partial charge in [0.15, 0.2) is 0 Å². The Kier molecular flexibility index (Phi) is 6.66. The number of hydrogen-bond acceptors (Lipinski definition) is 3. The van der Waals surface area contributed by atoms with Crippen molar-refractivity contribution in [2.45, 2.75) is 31.6 Å². The lowest BCUT2D eigenvalue weighted by atomic mass is 9.98. The van der Waals surface area contributed by atoms with Crippen molar-refractivity contribution in [3.8, 4) is 0 Å². The Morgan fingerprint density at radius 2 is 1.86 bits per heavy atom. The van der Waals surface area contributed by atoms with Crippen LogP contribution in [-0.2, 0) is 10.0 Å². The fourth-order valence-electron chi connectivity index (χ4n) is 2.77. The van der Waals surface area contributed by atoms with Crippen LogP contribution in [0.2, 0.25) is 0 Å². The fourth-order valence-corrected chi connectivity index (χ4v) is 4.55. The lowest BCUT2D eigenvalue weighted by molar-refractivity contribution is 0.270. The normalized spacial score (nSPS) is 17.5. The molecule has 120 valence electrons. The van der Waals surface area contributed by atoms with Gasteiger partial charge in [0, 0.05) is 13.1 Å². The van der Waals surface area contributed by atoms with Gasteiger partial charge in [-0.05, 0) is 63.4 Å². The first-order valence-corrected chi connectivity index (χ1v) is 8.61. The zero-order chi connectivity index (χ0) is 14.8. The minimum absolute atomic E-state index is 0. The van der Waals surface area contributed by atoms with E-state index in [1.807, 2.05) is 33.0 Å². The molecule has 1 fully saturated rings. The molecule has 0 aromatic heterocycles. The van der Waals surface area contributed by atoms with E-state index in [2.05, 4.69) is 5.32 Å². The molecule has 1 aromatic rings. The molecule has 0 radical (unpaired) electrons.